The summed E-state index contributed by atoms with van der Waals surface area (Å²) in [7, 11) is 1.57. The molecule has 1 atom stereocenters. The lowest BCUT2D eigenvalue weighted by molar-refractivity contribution is -0.124. The van der Waals surface area contributed by atoms with Crippen LogP contribution in [0.4, 0.5) is 10.6 Å². The molecule has 0 saturated carbocycles. The number of nitrogens with zero attached hydrogens (tertiary/aromatic N) is 2. The number of carbonyl (C=O) groups excluding carboxylic acids is 2. The molecule has 35 heavy (non-hydrogen) atoms. The smallest absolute Gasteiger partial charge is 0.407 e. The zero-order valence-electron chi connectivity index (χ0n) is 19.9. The van der Waals surface area contributed by atoms with Gasteiger partial charge in [-0.1, -0.05) is 55.5 Å². The fourth-order valence-corrected chi connectivity index (χ4v) is 4.28. The second-order valence-corrected chi connectivity index (χ2v) is 8.92. The zero-order chi connectivity index (χ0) is 25.2. The van der Waals surface area contributed by atoms with Gasteiger partial charge < -0.3 is 20.5 Å². The molecule has 182 valence electrons. The van der Waals surface area contributed by atoms with Gasteiger partial charge in [-0.25, -0.2) is 9.59 Å². The predicted octanol–water partition coefficient (Wildman–Crippen LogP) is 4.01. The molecular weight excluding hydrogens is 448 g/mol. The Morgan fingerprint density at radius 1 is 1.09 bits per heavy atom. The molecule has 0 bridgehead atoms. The number of anilines is 1. The first kappa shape index (κ1) is 24.0. The van der Waals surface area contributed by atoms with Crippen molar-refractivity contribution < 1.29 is 24.2 Å². The van der Waals surface area contributed by atoms with Crippen LogP contribution in [-0.4, -0.2) is 46.0 Å². The van der Waals surface area contributed by atoms with Crippen LogP contribution in [0.5, 0.6) is 0 Å². The van der Waals surface area contributed by atoms with Crippen LogP contribution < -0.4 is 10.6 Å². The van der Waals surface area contributed by atoms with Gasteiger partial charge >= 0.3 is 12.1 Å². The number of fused-ring (bicyclic) bond motifs is 3. The lowest BCUT2D eigenvalue weighted by atomic mass is 9.86. The van der Waals surface area contributed by atoms with Crippen molar-refractivity contribution in [2.24, 2.45) is 12.5 Å². The van der Waals surface area contributed by atoms with Crippen molar-refractivity contribution in [3.63, 3.8) is 0 Å². The number of nitrogens with one attached hydrogen (secondary N) is 2. The van der Waals surface area contributed by atoms with Gasteiger partial charge in [-0.2, -0.15) is 5.10 Å². The highest BCUT2D eigenvalue weighted by Crippen LogP contribution is 2.44. The maximum atomic E-state index is 13.0. The van der Waals surface area contributed by atoms with Crippen LogP contribution in [-0.2, 0) is 16.6 Å². The minimum atomic E-state index is -1.19. The monoisotopic (exact) mass is 476 g/mol. The summed E-state index contributed by atoms with van der Waals surface area (Å²) in [5.41, 5.74) is 3.40. The number of hydrogen-bond acceptors (Lipinski definition) is 5. The first-order chi connectivity index (χ1) is 16.7. The average molecular weight is 477 g/mol. The number of alkyl carbamates (subject to hydrolysis) is 1. The summed E-state index contributed by atoms with van der Waals surface area (Å²) >= 11 is 0. The summed E-state index contributed by atoms with van der Waals surface area (Å²) in [5.74, 6) is -1.73. The lowest BCUT2D eigenvalue weighted by Crippen LogP contribution is -2.44. The maximum Gasteiger partial charge on any atom is 0.407 e. The molecule has 2 aromatic carbocycles. The van der Waals surface area contributed by atoms with Crippen LogP contribution in [0, 0.1) is 5.41 Å². The summed E-state index contributed by atoms with van der Waals surface area (Å²) in [5, 5.41) is 18.6. The Balaban J connectivity index is 1.38. The first-order valence-electron chi connectivity index (χ1n) is 11.4. The van der Waals surface area contributed by atoms with Gasteiger partial charge in [0.1, 0.15) is 12.2 Å². The summed E-state index contributed by atoms with van der Waals surface area (Å²) in [6.07, 6.45) is 1.09. The number of carbonyl (C=O) groups is 3. The second-order valence-electron chi connectivity index (χ2n) is 8.92. The van der Waals surface area contributed by atoms with Gasteiger partial charge in [-0.3, -0.25) is 9.48 Å². The Labute approximate surface area is 203 Å². The molecule has 1 unspecified atom stereocenters. The van der Waals surface area contributed by atoms with E-state index in [1.807, 2.05) is 43.3 Å². The normalized spacial score (nSPS) is 13.9. The van der Waals surface area contributed by atoms with Gasteiger partial charge in [0.05, 0.1) is 5.41 Å². The summed E-state index contributed by atoms with van der Waals surface area (Å²) < 4.78 is 6.87. The minimum absolute atomic E-state index is 0.0151. The predicted molar refractivity (Wildman–Crippen MR) is 130 cm³/mol. The maximum absolute atomic E-state index is 13.0. The van der Waals surface area contributed by atoms with Gasteiger partial charge in [0.15, 0.2) is 5.82 Å². The largest absolute Gasteiger partial charge is 0.477 e. The van der Waals surface area contributed by atoms with E-state index in [1.165, 1.54) is 10.9 Å². The molecule has 3 N–H and O–H groups in total. The molecule has 0 spiro atoms. The summed E-state index contributed by atoms with van der Waals surface area (Å²) in [4.78, 5) is 36.9. The van der Waals surface area contributed by atoms with E-state index in [0.29, 0.717) is 6.42 Å². The number of aromatic carboxylic acids is 1. The lowest BCUT2D eigenvalue weighted by Gasteiger charge is -2.27. The van der Waals surface area contributed by atoms with Crippen LogP contribution in [0.3, 0.4) is 0 Å². The number of carboxylic acids is 1. The van der Waals surface area contributed by atoms with Crippen LogP contribution in [0.1, 0.15) is 47.7 Å². The molecule has 9 nitrogen and oxygen atoms in total. The molecule has 1 aliphatic carbocycles. The van der Waals surface area contributed by atoms with Crippen LogP contribution >= 0.6 is 0 Å². The van der Waals surface area contributed by atoms with E-state index in [1.54, 1.807) is 14.0 Å². The highest BCUT2D eigenvalue weighted by molar-refractivity contribution is 6.01. The third-order valence-corrected chi connectivity index (χ3v) is 6.59. The summed E-state index contributed by atoms with van der Waals surface area (Å²) in [6.45, 7) is 3.69. The van der Waals surface area contributed by atoms with Crippen molar-refractivity contribution in [1.82, 2.24) is 15.1 Å². The molecule has 0 saturated heterocycles. The minimum Gasteiger partial charge on any atom is -0.477 e. The number of carboxylic acid groups (broad SMARTS) is 1. The van der Waals surface area contributed by atoms with Crippen LogP contribution in [0.15, 0.2) is 54.7 Å². The van der Waals surface area contributed by atoms with Crippen LogP contribution in [0.25, 0.3) is 11.1 Å². The standard InChI is InChI=1S/C26H28N4O5/c1-4-26(2,24(33)28-22-20(23(31)32)13-30(3)29-22)15-27-25(34)35-14-21-18-11-7-5-9-16(18)17-10-6-8-12-19(17)21/h5-13,21H,4,14-15H2,1-3H3,(H,27,34)(H,31,32)(H,28,29,33). The first-order valence-corrected chi connectivity index (χ1v) is 11.4. The second kappa shape index (κ2) is 9.61. The number of benzene rings is 2. The zero-order valence-corrected chi connectivity index (χ0v) is 19.9. The summed E-state index contributed by atoms with van der Waals surface area (Å²) in [6, 6.07) is 16.2. The fraction of sp³-hybridized carbons (Fsp3) is 0.308. The quantitative estimate of drug-likeness (QED) is 0.451. The van der Waals surface area contributed by atoms with Gasteiger partial charge in [-0.15, -0.1) is 0 Å². The fourth-order valence-electron chi connectivity index (χ4n) is 4.28. The Morgan fingerprint density at radius 2 is 1.69 bits per heavy atom. The van der Waals surface area contributed by atoms with Gasteiger partial charge in [0.2, 0.25) is 5.91 Å². The average Bonchev–Trinajstić information content (AvgIpc) is 3.38. The number of rotatable bonds is 8. The molecule has 0 aliphatic heterocycles. The van der Waals surface area contributed by atoms with E-state index in [2.05, 4.69) is 27.9 Å². The van der Waals surface area contributed by atoms with Crippen molar-refractivity contribution in [2.75, 3.05) is 18.5 Å². The number of amides is 2. The molecule has 2 amide bonds. The SMILES string of the molecule is CCC(C)(CNC(=O)OCC1c2ccccc2-c2ccccc21)C(=O)Nc1nn(C)cc1C(=O)O. The van der Waals surface area contributed by atoms with Crippen LogP contribution in [0.2, 0.25) is 0 Å². The van der Waals surface area contributed by atoms with Crippen molar-refractivity contribution in [1.29, 1.82) is 0 Å². The van der Waals surface area contributed by atoms with E-state index in [4.69, 9.17) is 4.74 Å². The Bertz CT molecular complexity index is 1240. The van der Waals surface area contributed by atoms with Crippen molar-refractivity contribution in [3.05, 3.63) is 71.4 Å². The molecule has 9 heteroatoms. The van der Waals surface area contributed by atoms with Crippen molar-refractivity contribution >= 4 is 23.8 Å². The highest BCUT2D eigenvalue weighted by atomic mass is 16.5. The Hall–Kier alpha value is -4.14. The third-order valence-electron chi connectivity index (χ3n) is 6.59. The third kappa shape index (κ3) is 4.75. The molecule has 4 rings (SSSR count). The number of ether oxygens (including phenoxy) is 1. The van der Waals surface area contributed by atoms with E-state index in [9.17, 15) is 19.5 Å². The Morgan fingerprint density at radius 3 is 2.26 bits per heavy atom. The van der Waals surface area contributed by atoms with Gasteiger partial charge in [0.25, 0.3) is 0 Å². The molecule has 1 aromatic heterocycles. The highest BCUT2D eigenvalue weighted by Gasteiger charge is 2.34. The van der Waals surface area contributed by atoms with Crippen molar-refractivity contribution in [2.45, 2.75) is 26.2 Å². The topological polar surface area (TPSA) is 123 Å². The Kier molecular flexibility index (Phi) is 6.59. The molecule has 3 aromatic rings. The number of hydrogen-bond donors (Lipinski definition) is 3. The van der Waals surface area contributed by atoms with Gasteiger partial charge in [0, 0.05) is 25.7 Å². The molecule has 0 radical (unpaired) electrons. The number of aryl methyl sites for hydroxylation is 1. The van der Waals surface area contributed by atoms with Gasteiger partial charge in [-0.05, 0) is 35.6 Å². The number of aromatic nitrogens is 2. The van der Waals surface area contributed by atoms with E-state index in [0.717, 1.165) is 22.3 Å². The molecule has 1 heterocycles. The van der Waals surface area contributed by atoms with Crippen molar-refractivity contribution in [3.8, 4) is 11.1 Å². The van der Waals surface area contributed by atoms with E-state index >= 15 is 0 Å². The van der Waals surface area contributed by atoms with E-state index in [-0.39, 0.29) is 30.5 Å². The molecular formula is C26H28N4O5. The molecule has 0 fully saturated rings. The van der Waals surface area contributed by atoms with E-state index < -0.39 is 23.4 Å². The molecule has 1 aliphatic rings.